The lowest BCUT2D eigenvalue weighted by molar-refractivity contribution is 0.127. The predicted octanol–water partition coefficient (Wildman–Crippen LogP) is 3.44. The van der Waals surface area contributed by atoms with Crippen LogP contribution in [0.15, 0.2) is 35.7 Å². The Kier molecular flexibility index (Phi) is 5.86. The highest BCUT2D eigenvalue weighted by atomic mass is 32.1. The first kappa shape index (κ1) is 17.0. The maximum absolute atomic E-state index is 9.26. The average Bonchev–Trinajstić information content (AvgIpc) is 3.10. The number of aliphatic hydroxyl groups excluding tert-OH is 1. The van der Waals surface area contributed by atoms with Crippen molar-refractivity contribution >= 4 is 17.0 Å². The summed E-state index contributed by atoms with van der Waals surface area (Å²) in [6.45, 7) is 4.11. The second-order valence-corrected chi connectivity index (χ2v) is 7.32. The fourth-order valence-corrected chi connectivity index (χ4v) is 3.86. The smallest absolute Gasteiger partial charge is 0.100 e. The summed E-state index contributed by atoms with van der Waals surface area (Å²) in [7, 11) is 0. The number of likely N-dealkylation sites (tertiary alicyclic amines) is 1. The number of para-hydroxylation sites is 1. The third kappa shape index (κ3) is 4.35. The molecule has 0 spiro atoms. The second-order valence-electron chi connectivity index (χ2n) is 6.33. The molecule has 2 aromatic rings. The third-order valence-corrected chi connectivity index (χ3v) is 5.55. The molecule has 2 heterocycles. The van der Waals surface area contributed by atoms with E-state index in [-0.39, 0.29) is 0 Å². The molecule has 1 aliphatic heterocycles. The van der Waals surface area contributed by atoms with Crippen molar-refractivity contribution in [3.63, 3.8) is 0 Å². The van der Waals surface area contributed by atoms with E-state index in [1.807, 2.05) is 11.4 Å². The molecule has 0 unspecified atom stereocenters. The molecule has 1 aliphatic rings. The van der Waals surface area contributed by atoms with Crippen LogP contribution in [-0.2, 0) is 13.1 Å². The molecule has 0 atom stereocenters. The first-order valence-electron chi connectivity index (χ1n) is 8.41. The van der Waals surface area contributed by atoms with Gasteiger partial charge in [-0.25, -0.2) is 0 Å². The van der Waals surface area contributed by atoms with E-state index in [1.54, 1.807) is 11.3 Å². The molecule has 5 heteroatoms. The van der Waals surface area contributed by atoms with Gasteiger partial charge in [0.1, 0.15) is 6.07 Å². The maximum Gasteiger partial charge on any atom is 0.100 e. The quantitative estimate of drug-likeness (QED) is 0.845. The van der Waals surface area contributed by atoms with Gasteiger partial charge in [0.2, 0.25) is 0 Å². The largest absolute Gasteiger partial charge is 0.396 e. The van der Waals surface area contributed by atoms with E-state index in [1.165, 1.54) is 10.4 Å². The zero-order valence-electron chi connectivity index (χ0n) is 13.7. The number of nitrogens with one attached hydrogen (secondary N) is 1. The number of hydrogen-bond acceptors (Lipinski definition) is 5. The van der Waals surface area contributed by atoms with Crippen molar-refractivity contribution < 1.29 is 5.11 Å². The fourth-order valence-electron chi connectivity index (χ4n) is 3.11. The summed E-state index contributed by atoms with van der Waals surface area (Å²) in [5.74, 6) is 0.475. The number of piperidine rings is 1. The van der Waals surface area contributed by atoms with Gasteiger partial charge in [-0.05, 0) is 49.5 Å². The van der Waals surface area contributed by atoms with Gasteiger partial charge in [0, 0.05) is 35.6 Å². The van der Waals surface area contributed by atoms with E-state index >= 15 is 0 Å². The highest BCUT2D eigenvalue weighted by Gasteiger charge is 2.19. The normalized spacial score (nSPS) is 16.0. The van der Waals surface area contributed by atoms with E-state index in [9.17, 15) is 5.11 Å². The summed E-state index contributed by atoms with van der Waals surface area (Å²) in [4.78, 5) is 3.64. The van der Waals surface area contributed by atoms with Gasteiger partial charge in [0.05, 0.1) is 5.56 Å². The van der Waals surface area contributed by atoms with E-state index in [0.717, 1.165) is 50.3 Å². The number of thiophene rings is 1. The van der Waals surface area contributed by atoms with Crippen LogP contribution < -0.4 is 5.32 Å². The molecule has 0 radical (unpaired) electrons. The molecular weight excluding hydrogens is 318 g/mol. The summed E-state index contributed by atoms with van der Waals surface area (Å²) in [5, 5.41) is 23.6. The van der Waals surface area contributed by atoms with Crippen LogP contribution in [0.1, 0.15) is 28.8 Å². The van der Waals surface area contributed by atoms with Crippen LogP contribution >= 0.6 is 11.3 Å². The molecule has 1 fully saturated rings. The average molecular weight is 341 g/mol. The summed E-state index contributed by atoms with van der Waals surface area (Å²) in [6, 6.07) is 12.6. The van der Waals surface area contributed by atoms with E-state index in [2.05, 4.69) is 40.6 Å². The van der Waals surface area contributed by atoms with Crippen LogP contribution in [0.5, 0.6) is 0 Å². The van der Waals surface area contributed by atoms with Crippen molar-refractivity contribution in [2.45, 2.75) is 25.9 Å². The van der Waals surface area contributed by atoms with Crippen molar-refractivity contribution in [1.82, 2.24) is 4.90 Å². The molecule has 0 amide bonds. The van der Waals surface area contributed by atoms with Crippen LogP contribution in [-0.4, -0.2) is 29.7 Å². The van der Waals surface area contributed by atoms with E-state index in [4.69, 9.17) is 5.26 Å². The van der Waals surface area contributed by atoms with Crippen molar-refractivity contribution in [3.8, 4) is 6.07 Å². The second kappa shape index (κ2) is 8.29. The molecule has 1 saturated heterocycles. The number of nitrogens with zero attached hydrogens (tertiary/aromatic N) is 2. The van der Waals surface area contributed by atoms with Gasteiger partial charge < -0.3 is 10.4 Å². The van der Waals surface area contributed by atoms with E-state index in [0.29, 0.717) is 12.5 Å². The monoisotopic (exact) mass is 341 g/mol. The fraction of sp³-hybridized carbons (Fsp3) is 0.421. The number of rotatable bonds is 6. The van der Waals surface area contributed by atoms with Crippen LogP contribution in [0, 0.1) is 17.2 Å². The summed E-state index contributed by atoms with van der Waals surface area (Å²) >= 11 is 1.62. The predicted molar refractivity (Wildman–Crippen MR) is 97.9 cm³/mol. The van der Waals surface area contributed by atoms with Gasteiger partial charge >= 0.3 is 0 Å². The molecule has 4 nitrogen and oxygen atoms in total. The summed E-state index contributed by atoms with van der Waals surface area (Å²) in [6.07, 6.45) is 2.16. The minimum atomic E-state index is 0.317. The highest BCUT2D eigenvalue weighted by Crippen LogP contribution is 2.23. The molecule has 2 N–H and O–H groups in total. The van der Waals surface area contributed by atoms with Crippen LogP contribution in [0.25, 0.3) is 0 Å². The highest BCUT2D eigenvalue weighted by molar-refractivity contribution is 7.10. The molecule has 0 aliphatic carbocycles. The molecule has 1 aromatic heterocycles. The van der Waals surface area contributed by atoms with Gasteiger partial charge in [0.25, 0.3) is 0 Å². The molecule has 3 rings (SSSR count). The zero-order chi connectivity index (χ0) is 16.8. The van der Waals surface area contributed by atoms with Crippen molar-refractivity contribution in [2.24, 2.45) is 5.92 Å². The maximum atomic E-state index is 9.26. The molecular formula is C19H23N3OS. The first-order chi connectivity index (χ1) is 11.8. The molecule has 126 valence electrons. The molecule has 0 saturated carbocycles. The minimum absolute atomic E-state index is 0.317. The van der Waals surface area contributed by atoms with Gasteiger partial charge in [-0.15, -0.1) is 11.3 Å². The topological polar surface area (TPSA) is 59.3 Å². The number of nitriles is 1. The number of benzene rings is 1. The van der Waals surface area contributed by atoms with Gasteiger partial charge in [-0.2, -0.15) is 5.26 Å². The Morgan fingerprint density at radius 3 is 2.79 bits per heavy atom. The van der Waals surface area contributed by atoms with Gasteiger partial charge in [-0.3, -0.25) is 4.90 Å². The number of hydrogen-bond donors (Lipinski definition) is 2. The number of aliphatic hydroxyl groups is 1. The molecule has 1 aromatic carbocycles. The zero-order valence-corrected chi connectivity index (χ0v) is 14.6. The van der Waals surface area contributed by atoms with Gasteiger partial charge in [-0.1, -0.05) is 18.2 Å². The lowest BCUT2D eigenvalue weighted by atomic mass is 9.97. The first-order valence-corrected chi connectivity index (χ1v) is 9.29. The lowest BCUT2D eigenvalue weighted by Crippen LogP contribution is -2.34. The van der Waals surface area contributed by atoms with Crippen molar-refractivity contribution in [2.75, 3.05) is 25.0 Å². The van der Waals surface area contributed by atoms with Crippen LogP contribution in [0.2, 0.25) is 0 Å². The van der Waals surface area contributed by atoms with Crippen molar-refractivity contribution in [3.05, 3.63) is 51.7 Å². The summed E-state index contributed by atoms with van der Waals surface area (Å²) in [5.41, 5.74) is 3.20. The Bertz CT molecular complexity index is 699. The van der Waals surface area contributed by atoms with E-state index < -0.39 is 0 Å². The lowest BCUT2D eigenvalue weighted by Gasteiger charge is -2.31. The van der Waals surface area contributed by atoms with Crippen molar-refractivity contribution in [1.29, 1.82) is 5.26 Å². The Morgan fingerprint density at radius 1 is 1.29 bits per heavy atom. The van der Waals surface area contributed by atoms with Gasteiger partial charge in [0.15, 0.2) is 0 Å². The third-order valence-electron chi connectivity index (χ3n) is 4.61. The Balaban J connectivity index is 1.59. The van der Waals surface area contributed by atoms with Crippen LogP contribution in [0.4, 0.5) is 5.69 Å². The Labute approximate surface area is 147 Å². The standard InChI is InChI=1S/C19H23N3OS/c20-10-16-9-18(24-14-16)11-21-19-4-2-1-3-17(19)12-22-7-5-15(13-23)6-8-22/h1-4,9,14-15,21,23H,5-8,11-13H2. The number of anilines is 1. The Morgan fingerprint density at radius 2 is 2.08 bits per heavy atom. The SMILES string of the molecule is N#Cc1csc(CNc2ccccc2CN2CCC(CO)CC2)c1. The molecule has 24 heavy (non-hydrogen) atoms. The minimum Gasteiger partial charge on any atom is -0.396 e. The summed E-state index contributed by atoms with van der Waals surface area (Å²) < 4.78 is 0. The molecule has 0 bridgehead atoms. The van der Waals surface area contributed by atoms with Crippen LogP contribution in [0.3, 0.4) is 0 Å². The Hall–Kier alpha value is -1.87.